The lowest BCUT2D eigenvalue weighted by Crippen LogP contribution is -2.46. The Hall–Kier alpha value is -0.810. The Morgan fingerprint density at radius 3 is 2.74 bits per heavy atom. The van der Waals surface area contributed by atoms with Crippen LogP contribution in [0.25, 0.3) is 0 Å². The number of amides is 1. The van der Waals surface area contributed by atoms with E-state index in [0.29, 0.717) is 12.6 Å². The van der Waals surface area contributed by atoms with Crippen molar-refractivity contribution in [3.63, 3.8) is 0 Å². The van der Waals surface area contributed by atoms with E-state index < -0.39 is 5.60 Å². The van der Waals surface area contributed by atoms with Crippen LogP contribution in [0.3, 0.4) is 0 Å². The molecule has 1 saturated heterocycles. The summed E-state index contributed by atoms with van der Waals surface area (Å²) < 4.78 is 10.5. The molecule has 1 amide bonds. The summed E-state index contributed by atoms with van der Waals surface area (Å²) in [5.74, 6) is 0. The van der Waals surface area contributed by atoms with Gasteiger partial charge in [0, 0.05) is 32.3 Å². The second-order valence-corrected chi connectivity index (χ2v) is 6.23. The van der Waals surface area contributed by atoms with Crippen LogP contribution in [0, 0.1) is 0 Å². The van der Waals surface area contributed by atoms with Crippen LogP contribution < -0.4 is 5.32 Å². The SMILES string of the molecule is COCC(C)NCC1CCCN1C(=O)OC(C)(C)C. The van der Waals surface area contributed by atoms with Crippen LogP contribution in [0.15, 0.2) is 0 Å². The molecule has 0 aliphatic carbocycles. The normalized spacial score (nSPS) is 21.5. The fourth-order valence-electron chi connectivity index (χ4n) is 2.25. The fourth-order valence-corrected chi connectivity index (χ4v) is 2.25. The third-order valence-electron chi connectivity index (χ3n) is 3.12. The van der Waals surface area contributed by atoms with Crippen molar-refractivity contribution in [2.24, 2.45) is 0 Å². The Morgan fingerprint density at radius 2 is 2.16 bits per heavy atom. The minimum Gasteiger partial charge on any atom is -0.444 e. The molecule has 5 nitrogen and oxygen atoms in total. The topological polar surface area (TPSA) is 50.8 Å². The molecule has 1 fully saturated rings. The third kappa shape index (κ3) is 5.78. The van der Waals surface area contributed by atoms with Gasteiger partial charge in [-0.3, -0.25) is 0 Å². The fraction of sp³-hybridized carbons (Fsp3) is 0.929. The maximum atomic E-state index is 12.1. The number of hydrogen-bond donors (Lipinski definition) is 1. The Labute approximate surface area is 116 Å². The quantitative estimate of drug-likeness (QED) is 0.832. The molecule has 0 aromatic rings. The van der Waals surface area contributed by atoms with Crippen molar-refractivity contribution in [1.82, 2.24) is 10.2 Å². The zero-order valence-electron chi connectivity index (χ0n) is 12.9. The Morgan fingerprint density at radius 1 is 1.47 bits per heavy atom. The third-order valence-corrected chi connectivity index (χ3v) is 3.12. The molecule has 1 aliphatic rings. The molecular formula is C14H28N2O3. The maximum Gasteiger partial charge on any atom is 0.410 e. The molecule has 19 heavy (non-hydrogen) atoms. The summed E-state index contributed by atoms with van der Waals surface area (Å²) in [5, 5.41) is 3.40. The highest BCUT2D eigenvalue weighted by Gasteiger charge is 2.31. The van der Waals surface area contributed by atoms with Gasteiger partial charge in [-0.25, -0.2) is 4.79 Å². The largest absolute Gasteiger partial charge is 0.444 e. The van der Waals surface area contributed by atoms with Gasteiger partial charge in [0.2, 0.25) is 0 Å². The number of rotatable bonds is 5. The number of nitrogens with zero attached hydrogens (tertiary/aromatic N) is 1. The van der Waals surface area contributed by atoms with Crippen LogP contribution in [-0.4, -0.2) is 55.5 Å². The molecule has 0 radical (unpaired) electrons. The van der Waals surface area contributed by atoms with Crippen molar-refractivity contribution >= 4 is 6.09 Å². The molecule has 1 N–H and O–H groups in total. The monoisotopic (exact) mass is 272 g/mol. The molecule has 1 aliphatic heterocycles. The van der Waals surface area contributed by atoms with Crippen molar-refractivity contribution in [3.05, 3.63) is 0 Å². The summed E-state index contributed by atoms with van der Waals surface area (Å²) in [4.78, 5) is 13.9. The summed E-state index contributed by atoms with van der Waals surface area (Å²) in [6, 6.07) is 0.528. The van der Waals surface area contributed by atoms with E-state index in [9.17, 15) is 4.79 Å². The van der Waals surface area contributed by atoms with Crippen molar-refractivity contribution in [2.45, 2.75) is 58.2 Å². The minimum atomic E-state index is -0.430. The Bertz CT molecular complexity index is 289. The van der Waals surface area contributed by atoms with Crippen molar-refractivity contribution in [2.75, 3.05) is 26.8 Å². The van der Waals surface area contributed by atoms with E-state index in [1.54, 1.807) is 7.11 Å². The lowest BCUT2D eigenvalue weighted by molar-refractivity contribution is 0.0223. The zero-order valence-corrected chi connectivity index (χ0v) is 12.9. The zero-order chi connectivity index (χ0) is 14.5. The van der Waals surface area contributed by atoms with Gasteiger partial charge in [0.25, 0.3) is 0 Å². The van der Waals surface area contributed by atoms with Crippen LogP contribution in [0.5, 0.6) is 0 Å². The van der Waals surface area contributed by atoms with Gasteiger partial charge in [0.15, 0.2) is 0 Å². The molecule has 0 bridgehead atoms. The molecule has 0 spiro atoms. The van der Waals surface area contributed by atoms with E-state index in [1.165, 1.54) is 0 Å². The molecule has 2 atom stereocenters. The first-order chi connectivity index (χ1) is 8.83. The van der Waals surface area contributed by atoms with Gasteiger partial charge in [0.1, 0.15) is 5.60 Å². The van der Waals surface area contributed by atoms with Crippen LogP contribution in [0.2, 0.25) is 0 Å². The van der Waals surface area contributed by atoms with Gasteiger partial charge in [-0.15, -0.1) is 0 Å². The highest BCUT2D eigenvalue weighted by Crippen LogP contribution is 2.20. The van der Waals surface area contributed by atoms with E-state index in [1.807, 2.05) is 25.7 Å². The van der Waals surface area contributed by atoms with E-state index in [-0.39, 0.29) is 12.1 Å². The van der Waals surface area contributed by atoms with Crippen molar-refractivity contribution in [3.8, 4) is 0 Å². The minimum absolute atomic E-state index is 0.198. The van der Waals surface area contributed by atoms with E-state index >= 15 is 0 Å². The number of methoxy groups -OCH3 is 1. The van der Waals surface area contributed by atoms with Gasteiger partial charge >= 0.3 is 6.09 Å². The molecule has 2 unspecified atom stereocenters. The first kappa shape index (κ1) is 16.2. The van der Waals surface area contributed by atoms with Gasteiger partial charge < -0.3 is 19.7 Å². The standard InChI is InChI=1S/C14H28N2O3/c1-11(10-18-5)15-9-12-7-6-8-16(12)13(17)19-14(2,3)4/h11-12,15H,6-10H2,1-5H3. The predicted octanol–water partition coefficient (Wildman–Crippen LogP) is 2.01. The van der Waals surface area contributed by atoms with Crippen molar-refractivity contribution < 1.29 is 14.3 Å². The Balaban J connectivity index is 2.43. The number of carbonyl (C=O) groups excluding carboxylic acids is 1. The maximum absolute atomic E-state index is 12.1. The molecule has 1 heterocycles. The van der Waals surface area contributed by atoms with Gasteiger partial charge in [0.05, 0.1) is 6.61 Å². The summed E-state index contributed by atoms with van der Waals surface area (Å²) in [5.41, 5.74) is -0.430. The molecule has 1 rings (SSSR count). The molecule has 112 valence electrons. The summed E-state index contributed by atoms with van der Waals surface area (Å²) in [6.07, 6.45) is 1.88. The highest BCUT2D eigenvalue weighted by molar-refractivity contribution is 5.69. The molecule has 0 aromatic heterocycles. The summed E-state index contributed by atoms with van der Waals surface area (Å²) in [7, 11) is 1.70. The van der Waals surface area contributed by atoms with Crippen LogP contribution in [0.1, 0.15) is 40.5 Å². The Kier molecular flexibility index (Phi) is 6.07. The smallest absolute Gasteiger partial charge is 0.410 e. The number of likely N-dealkylation sites (tertiary alicyclic amines) is 1. The van der Waals surface area contributed by atoms with E-state index in [2.05, 4.69) is 12.2 Å². The van der Waals surface area contributed by atoms with Crippen LogP contribution in [0.4, 0.5) is 4.79 Å². The second kappa shape index (κ2) is 7.10. The lowest BCUT2D eigenvalue weighted by atomic mass is 10.2. The molecule has 0 saturated carbocycles. The predicted molar refractivity (Wildman–Crippen MR) is 75.3 cm³/mol. The number of carbonyl (C=O) groups is 1. The molecule has 0 aromatic carbocycles. The summed E-state index contributed by atoms with van der Waals surface area (Å²) >= 11 is 0. The highest BCUT2D eigenvalue weighted by atomic mass is 16.6. The average Bonchev–Trinajstić information content (AvgIpc) is 2.72. The number of hydrogen-bond acceptors (Lipinski definition) is 4. The molecule has 5 heteroatoms. The second-order valence-electron chi connectivity index (χ2n) is 6.23. The van der Waals surface area contributed by atoms with Gasteiger partial charge in [-0.05, 0) is 40.5 Å². The van der Waals surface area contributed by atoms with Gasteiger partial charge in [-0.1, -0.05) is 0 Å². The lowest BCUT2D eigenvalue weighted by Gasteiger charge is -2.29. The van der Waals surface area contributed by atoms with E-state index in [0.717, 1.165) is 25.9 Å². The van der Waals surface area contributed by atoms with E-state index in [4.69, 9.17) is 9.47 Å². The first-order valence-corrected chi connectivity index (χ1v) is 7.05. The van der Waals surface area contributed by atoms with Crippen molar-refractivity contribution in [1.29, 1.82) is 0 Å². The number of ether oxygens (including phenoxy) is 2. The molecular weight excluding hydrogens is 244 g/mol. The van der Waals surface area contributed by atoms with Crippen LogP contribution in [-0.2, 0) is 9.47 Å². The average molecular weight is 272 g/mol. The number of nitrogens with one attached hydrogen (secondary N) is 1. The first-order valence-electron chi connectivity index (χ1n) is 7.05. The van der Waals surface area contributed by atoms with Gasteiger partial charge in [-0.2, -0.15) is 0 Å². The van der Waals surface area contributed by atoms with Crippen LogP contribution >= 0.6 is 0 Å². The summed E-state index contributed by atoms with van der Waals surface area (Å²) in [6.45, 7) is 10.0.